The van der Waals surface area contributed by atoms with Crippen molar-refractivity contribution in [2.24, 2.45) is 14.1 Å². The number of aryl methyl sites for hydroxylation is 4. The molecule has 1 aliphatic heterocycles. The Morgan fingerprint density at radius 1 is 0.474 bits per heavy atom. The van der Waals surface area contributed by atoms with E-state index in [1.807, 2.05) is 58.4 Å². The van der Waals surface area contributed by atoms with Crippen LogP contribution in [0.3, 0.4) is 0 Å². The quantitative estimate of drug-likeness (QED) is 0.105. The summed E-state index contributed by atoms with van der Waals surface area (Å²) < 4.78 is 52.0. The molecule has 10 aromatic rings. The highest BCUT2D eigenvalue weighted by Crippen LogP contribution is 2.30. The summed E-state index contributed by atoms with van der Waals surface area (Å²) in [5, 5.41) is 8.23. The monoisotopic (exact) mass is 1090 g/mol. The molecule has 0 amide bonds. The van der Waals surface area contributed by atoms with Gasteiger partial charge in [-0.15, -0.1) is 0 Å². The summed E-state index contributed by atoms with van der Waals surface area (Å²) in [6, 6.07) is 22.6. The molecule has 1 fully saturated rings. The highest BCUT2D eigenvalue weighted by molar-refractivity contribution is 7.90. The van der Waals surface area contributed by atoms with Gasteiger partial charge in [0, 0.05) is 116 Å². The molecule has 8 aromatic heterocycles. The summed E-state index contributed by atoms with van der Waals surface area (Å²) in [6.45, 7) is 5.10. The number of benzene rings is 2. The molecule has 1 aliphatic rings. The molecule has 9 heterocycles. The van der Waals surface area contributed by atoms with E-state index in [0.29, 0.717) is 51.3 Å². The first kappa shape index (κ1) is 56.2. The first-order valence-corrected chi connectivity index (χ1v) is 27.2. The standard InChI is InChI=1S/C14H15N3O2S.C12H12N2O2S.C10H12N4.C10H10N4.C8H9N5/c15-14-10-16-7-6-13(14)11-2-4-12(5-3-11)20(18,19)17-8-1-9-17;1-17(15,16)10-4-2-9(3-5-10)11-6-7-14-8-12(11)13;1-7-9(6-14(2)13-7)8-3-4-12-5-10(8)11;1-7-10(14-5-4-13-7)8-2-3-12-6-9(8)11;1-13-8(11-5-12-13)6-2-3-10-4-7(6)9/h2-7,10H,1,8-9,15H2;2-8H,13H2,1H3;3-6H,11H2,1-2H3;2-6H,11H2,1H3;2-5H,9H2,1H3. The summed E-state index contributed by atoms with van der Waals surface area (Å²) in [7, 11) is -2.76. The lowest BCUT2D eigenvalue weighted by atomic mass is 10.1. The number of hydrogen-bond donors (Lipinski definition) is 5. The van der Waals surface area contributed by atoms with Crippen molar-refractivity contribution >= 4 is 48.3 Å². The van der Waals surface area contributed by atoms with Gasteiger partial charge >= 0.3 is 0 Å². The lowest BCUT2D eigenvalue weighted by molar-refractivity contribution is 0.309. The molecule has 0 bridgehead atoms. The van der Waals surface area contributed by atoms with Crippen LogP contribution in [0, 0.1) is 13.8 Å². The Balaban J connectivity index is 0.000000143. The normalized spacial score (nSPS) is 11.9. The van der Waals surface area contributed by atoms with Gasteiger partial charge in [-0.05, 0) is 86.0 Å². The number of anilines is 5. The highest BCUT2D eigenvalue weighted by atomic mass is 32.2. The average molecular weight is 1090 g/mol. The van der Waals surface area contributed by atoms with Crippen LogP contribution in [0.2, 0.25) is 0 Å². The number of aromatic nitrogens is 12. The number of sulfone groups is 1. The van der Waals surface area contributed by atoms with Gasteiger partial charge in [0.1, 0.15) is 6.33 Å². The number of rotatable bonds is 8. The molecule has 0 radical (unpaired) electrons. The predicted octanol–water partition coefficient (Wildman–Crippen LogP) is 6.72. The molecule has 1 saturated heterocycles. The molecule has 0 unspecified atom stereocenters. The molecule has 0 atom stereocenters. The Hall–Kier alpha value is -9.52. The maximum atomic E-state index is 12.2. The van der Waals surface area contributed by atoms with E-state index in [1.54, 1.807) is 138 Å². The Labute approximate surface area is 452 Å². The van der Waals surface area contributed by atoms with E-state index in [-0.39, 0.29) is 0 Å². The molecule has 24 heteroatoms. The second-order valence-electron chi connectivity index (χ2n) is 17.4. The smallest absolute Gasteiger partial charge is 0.243 e. The van der Waals surface area contributed by atoms with Crippen molar-refractivity contribution in [3.05, 3.63) is 177 Å². The van der Waals surface area contributed by atoms with Crippen LogP contribution in [0.25, 0.3) is 56.0 Å². The van der Waals surface area contributed by atoms with Crippen molar-refractivity contribution in [2.75, 3.05) is 48.0 Å². The van der Waals surface area contributed by atoms with Crippen LogP contribution in [-0.4, -0.2) is 99.9 Å². The van der Waals surface area contributed by atoms with Crippen LogP contribution in [0.15, 0.2) is 176 Å². The summed E-state index contributed by atoms with van der Waals surface area (Å²) in [5.74, 6) is 0.750. The van der Waals surface area contributed by atoms with Crippen LogP contribution in [-0.2, 0) is 34.0 Å². The maximum absolute atomic E-state index is 12.2. The minimum absolute atomic E-state index is 0.300. The molecule has 400 valence electrons. The number of nitrogen functional groups attached to an aromatic ring is 5. The van der Waals surface area contributed by atoms with E-state index >= 15 is 0 Å². The Bertz CT molecular complexity index is 3810. The van der Waals surface area contributed by atoms with Crippen LogP contribution in [0.5, 0.6) is 0 Å². The van der Waals surface area contributed by atoms with Crippen molar-refractivity contribution in [1.29, 1.82) is 0 Å². The third kappa shape index (κ3) is 14.0. The molecule has 2 aromatic carbocycles. The molecular weight excluding hydrogens is 1030 g/mol. The largest absolute Gasteiger partial charge is 0.397 e. The number of pyridine rings is 5. The van der Waals surface area contributed by atoms with Crippen molar-refractivity contribution in [2.45, 2.75) is 30.1 Å². The van der Waals surface area contributed by atoms with Gasteiger partial charge in [0.05, 0.1) is 86.3 Å². The summed E-state index contributed by atoms with van der Waals surface area (Å²) in [6.07, 6.45) is 25.3. The molecule has 10 N–H and O–H groups in total. The van der Waals surface area contributed by atoms with E-state index in [2.05, 4.69) is 50.1 Å². The van der Waals surface area contributed by atoms with Gasteiger partial charge in [-0.1, -0.05) is 24.3 Å². The number of hydrogen-bond acceptors (Lipinski definition) is 19. The molecule has 0 aliphatic carbocycles. The third-order valence-electron chi connectivity index (χ3n) is 11.9. The number of sulfonamides is 1. The summed E-state index contributed by atoms with van der Waals surface area (Å²) >= 11 is 0. The van der Waals surface area contributed by atoms with Gasteiger partial charge in [0.2, 0.25) is 10.0 Å². The minimum Gasteiger partial charge on any atom is -0.397 e. The van der Waals surface area contributed by atoms with E-state index in [0.717, 1.165) is 73.8 Å². The van der Waals surface area contributed by atoms with Crippen molar-refractivity contribution < 1.29 is 16.8 Å². The number of nitrogens with two attached hydrogens (primary N) is 5. The molecule has 0 spiro atoms. The maximum Gasteiger partial charge on any atom is 0.243 e. The van der Waals surface area contributed by atoms with Gasteiger partial charge < -0.3 is 28.7 Å². The molecular formula is C54H58N18O4S2. The molecule has 11 rings (SSSR count). The topological polar surface area (TPSA) is 340 Å². The zero-order valence-corrected chi connectivity index (χ0v) is 45.0. The van der Waals surface area contributed by atoms with Gasteiger partial charge in [-0.25, -0.2) is 26.5 Å². The summed E-state index contributed by atoms with van der Waals surface area (Å²) in [5.41, 5.74) is 42.0. The lowest BCUT2D eigenvalue weighted by Gasteiger charge is -2.29. The van der Waals surface area contributed by atoms with Gasteiger partial charge in [0.15, 0.2) is 15.7 Å². The second kappa shape index (κ2) is 25.3. The van der Waals surface area contributed by atoms with E-state index in [4.69, 9.17) is 28.7 Å². The Morgan fingerprint density at radius 3 is 1.29 bits per heavy atom. The van der Waals surface area contributed by atoms with Crippen LogP contribution >= 0.6 is 0 Å². The Morgan fingerprint density at radius 2 is 0.910 bits per heavy atom. The van der Waals surface area contributed by atoms with Gasteiger partial charge in [-0.3, -0.25) is 39.6 Å². The van der Waals surface area contributed by atoms with Gasteiger partial charge in [0.25, 0.3) is 0 Å². The van der Waals surface area contributed by atoms with Crippen molar-refractivity contribution in [1.82, 2.24) is 63.7 Å². The highest BCUT2D eigenvalue weighted by Gasteiger charge is 2.29. The van der Waals surface area contributed by atoms with Crippen molar-refractivity contribution in [3.63, 3.8) is 0 Å². The van der Waals surface area contributed by atoms with Crippen LogP contribution in [0.4, 0.5) is 28.4 Å². The van der Waals surface area contributed by atoms with Crippen molar-refractivity contribution in [3.8, 4) is 56.0 Å². The van der Waals surface area contributed by atoms with E-state index in [9.17, 15) is 16.8 Å². The fourth-order valence-electron chi connectivity index (χ4n) is 7.66. The fraction of sp³-hybridized carbons (Fsp3) is 0.148. The molecule has 0 saturated carbocycles. The van der Waals surface area contributed by atoms with Gasteiger partial charge in [-0.2, -0.15) is 14.5 Å². The Kier molecular flexibility index (Phi) is 18.3. The number of nitrogens with zero attached hydrogens (tertiary/aromatic N) is 13. The lowest BCUT2D eigenvalue weighted by Crippen LogP contribution is -2.41. The second-order valence-corrected chi connectivity index (χ2v) is 21.3. The average Bonchev–Trinajstić information content (AvgIpc) is 4.04. The first-order valence-electron chi connectivity index (χ1n) is 23.8. The first-order chi connectivity index (χ1) is 37.3. The fourth-order valence-corrected chi connectivity index (χ4v) is 9.81. The molecule has 22 nitrogen and oxygen atoms in total. The summed E-state index contributed by atoms with van der Waals surface area (Å²) in [4.78, 5) is 32.7. The zero-order chi connectivity index (χ0) is 56.0. The minimum atomic E-state index is -3.32. The van der Waals surface area contributed by atoms with Crippen LogP contribution < -0.4 is 28.7 Å². The predicted molar refractivity (Wildman–Crippen MR) is 303 cm³/mol. The van der Waals surface area contributed by atoms with Crippen LogP contribution in [0.1, 0.15) is 17.8 Å². The third-order valence-corrected chi connectivity index (χ3v) is 14.9. The molecule has 78 heavy (non-hydrogen) atoms. The van der Waals surface area contributed by atoms with E-state index < -0.39 is 19.9 Å². The van der Waals surface area contributed by atoms with E-state index in [1.165, 1.54) is 16.9 Å². The zero-order valence-electron chi connectivity index (χ0n) is 43.4. The SMILES string of the molecule is CS(=O)(=O)c1ccc(-c2ccncc2N)cc1.Cc1nccnc1-c1ccncc1N.Cc1nn(C)cc1-c1ccncc1N.Cn1ncnc1-c1ccncc1N.Nc1cnccc1-c1ccc(S(=O)(=O)N2CCC2)cc1.